The smallest absolute Gasteiger partial charge is 0.187 e. The number of fused-ring (bicyclic) bond motifs is 1. The van der Waals surface area contributed by atoms with Crippen LogP contribution in [0.1, 0.15) is 31.9 Å². The van der Waals surface area contributed by atoms with E-state index in [9.17, 15) is 0 Å². The third-order valence-corrected chi connectivity index (χ3v) is 6.44. The summed E-state index contributed by atoms with van der Waals surface area (Å²) in [6, 6.07) is 27.6. The van der Waals surface area contributed by atoms with E-state index in [-0.39, 0.29) is 5.41 Å². The van der Waals surface area contributed by atoms with E-state index >= 15 is 0 Å². The monoisotopic (exact) mass is 424 g/mol. The molecular formula is C26H24N4S. The summed E-state index contributed by atoms with van der Waals surface area (Å²) < 4.78 is 1.88. The fourth-order valence-electron chi connectivity index (χ4n) is 3.65. The Bertz CT molecular complexity index is 1230. The maximum atomic E-state index is 4.91. The molecular weight excluding hydrogens is 400 g/mol. The Kier molecular flexibility index (Phi) is 4.98. The van der Waals surface area contributed by atoms with Crippen molar-refractivity contribution in [2.45, 2.75) is 31.3 Å². The lowest BCUT2D eigenvalue weighted by Crippen LogP contribution is -2.14. The van der Waals surface area contributed by atoms with Crippen molar-refractivity contribution in [1.29, 1.82) is 0 Å². The molecule has 5 heteroatoms. The van der Waals surface area contributed by atoms with E-state index < -0.39 is 0 Å². The molecule has 0 radical (unpaired) electrons. The summed E-state index contributed by atoms with van der Waals surface area (Å²) in [6.45, 7) is 6.66. The molecule has 0 atom stereocenters. The van der Waals surface area contributed by atoms with E-state index in [1.807, 2.05) is 10.7 Å². The molecule has 1 aliphatic rings. The molecule has 0 fully saturated rings. The van der Waals surface area contributed by atoms with Gasteiger partial charge in [-0.2, -0.15) is 9.78 Å². The summed E-state index contributed by atoms with van der Waals surface area (Å²) in [6.07, 6.45) is 0. The second-order valence-electron chi connectivity index (χ2n) is 8.72. The Morgan fingerprint density at radius 3 is 2.00 bits per heavy atom. The average Bonchev–Trinajstić information content (AvgIpc) is 3.23. The van der Waals surface area contributed by atoms with Crippen molar-refractivity contribution in [2.75, 3.05) is 5.75 Å². The van der Waals surface area contributed by atoms with Gasteiger partial charge in [-0.3, -0.25) is 0 Å². The van der Waals surface area contributed by atoms with Gasteiger partial charge in [0.2, 0.25) is 5.16 Å². The molecule has 0 aliphatic carbocycles. The molecule has 154 valence electrons. The highest BCUT2D eigenvalue weighted by molar-refractivity contribution is 7.99. The maximum absolute atomic E-state index is 4.91. The molecule has 0 amide bonds. The first kappa shape index (κ1) is 19.8. The lowest BCUT2D eigenvalue weighted by Gasteiger charge is -2.19. The standard InChI is InChI=1S/C26H24N4S/c1-26(2,3)22-15-13-21(14-16-22)24-27-28-25-30(24)29-23(17-31-25)20-11-9-19(10-12-20)18-7-5-4-6-8-18/h4-16H,17H2,1-3H3. The number of aromatic nitrogens is 3. The predicted molar refractivity (Wildman–Crippen MR) is 129 cm³/mol. The maximum Gasteiger partial charge on any atom is 0.212 e. The van der Waals surface area contributed by atoms with Gasteiger partial charge in [0.15, 0.2) is 5.82 Å². The normalized spacial score (nSPS) is 13.6. The van der Waals surface area contributed by atoms with E-state index in [2.05, 4.69) is 104 Å². The molecule has 0 saturated heterocycles. The Hall–Kier alpha value is -3.18. The van der Waals surface area contributed by atoms with Gasteiger partial charge < -0.3 is 0 Å². The van der Waals surface area contributed by atoms with Gasteiger partial charge in [0.05, 0.1) is 5.71 Å². The van der Waals surface area contributed by atoms with Crippen LogP contribution in [0.5, 0.6) is 0 Å². The van der Waals surface area contributed by atoms with Gasteiger partial charge in [-0.1, -0.05) is 111 Å². The number of benzene rings is 3. The van der Waals surface area contributed by atoms with Crippen LogP contribution in [0.2, 0.25) is 0 Å². The molecule has 3 aromatic carbocycles. The Labute approximate surface area is 187 Å². The molecule has 0 unspecified atom stereocenters. The molecule has 0 spiro atoms. The zero-order valence-corrected chi connectivity index (χ0v) is 18.7. The summed E-state index contributed by atoms with van der Waals surface area (Å²) in [5, 5.41) is 14.5. The van der Waals surface area contributed by atoms with Crippen LogP contribution in [-0.2, 0) is 5.41 Å². The minimum atomic E-state index is 0.121. The van der Waals surface area contributed by atoms with Gasteiger partial charge in [0.25, 0.3) is 0 Å². The fourth-order valence-corrected chi connectivity index (χ4v) is 4.49. The molecule has 5 rings (SSSR count). The van der Waals surface area contributed by atoms with Gasteiger partial charge in [-0.25, -0.2) is 0 Å². The molecule has 4 aromatic rings. The van der Waals surface area contributed by atoms with E-state index in [4.69, 9.17) is 5.10 Å². The molecule has 1 aromatic heterocycles. The largest absolute Gasteiger partial charge is 0.212 e. The van der Waals surface area contributed by atoms with Crippen molar-refractivity contribution < 1.29 is 0 Å². The molecule has 4 nitrogen and oxygen atoms in total. The highest BCUT2D eigenvalue weighted by Crippen LogP contribution is 2.30. The summed E-state index contributed by atoms with van der Waals surface area (Å²) in [4.78, 5) is 0. The van der Waals surface area contributed by atoms with Crippen LogP contribution in [0.4, 0.5) is 0 Å². The van der Waals surface area contributed by atoms with E-state index in [0.717, 1.165) is 33.6 Å². The van der Waals surface area contributed by atoms with Gasteiger partial charge >= 0.3 is 0 Å². The minimum Gasteiger partial charge on any atom is -0.187 e. The topological polar surface area (TPSA) is 43.1 Å². The SMILES string of the molecule is CC(C)(C)c1ccc(-c2nnc3n2N=C(c2ccc(-c4ccccc4)cc2)CS3)cc1. The van der Waals surface area contributed by atoms with Gasteiger partial charge in [0, 0.05) is 11.3 Å². The zero-order chi connectivity index (χ0) is 21.4. The zero-order valence-electron chi connectivity index (χ0n) is 17.9. The van der Waals surface area contributed by atoms with Gasteiger partial charge in [-0.15, -0.1) is 10.2 Å². The van der Waals surface area contributed by atoms with Crippen LogP contribution in [0, 0.1) is 0 Å². The fraction of sp³-hybridized carbons (Fsp3) is 0.192. The quantitative estimate of drug-likeness (QED) is 0.389. The molecule has 0 bridgehead atoms. The van der Waals surface area contributed by atoms with Crippen LogP contribution in [0.15, 0.2) is 89.1 Å². The Balaban J connectivity index is 1.46. The van der Waals surface area contributed by atoms with E-state index in [1.54, 1.807) is 11.8 Å². The number of thioether (sulfide) groups is 1. The van der Waals surface area contributed by atoms with Crippen LogP contribution in [-0.4, -0.2) is 26.3 Å². The Morgan fingerprint density at radius 1 is 0.710 bits per heavy atom. The lowest BCUT2D eigenvalue weighted by atomic mass is 9.87. The Morgan fingerprint density at radius 2 is 1.32 bits per heavy atom. The third-order valence-electron chi connectivity index (χ3n) is 5.51. The van der Waals surface area contributed by atoms with E-state index in [0.29, 0.717) is 0 Å². The van der Waals surface area contributed by atoms with Crippen molar-refractivity contribution in [1.82, 2.24) is 14.9 Å². The van der Waals surface area contributed by atoms with Crippen LogP contribution in [0.25, 0.3) is 22.5 Å². The summed E-state index contributed by atoms with van der Waals surface area (Å²) >= 11 is 1.67. The average molecular weight is 425 g/mol. The third kappa shape index (κ3) is 3.93. The number of hydrogen-bond donors (Lipinski definition) is 0. The first-order valence-electron chi connectivity index (χ1n) is 10.4. The summed E-state index contributed by atoms with van der Waals surface area (Å²) in [5.74, 6) is 1.56. The second-order valence-corrected chi connectivity index (χ2v) is 9.67. The first-order chi connectivity index (χ1) is 15.0. The van der Waals surface area contributed by atoms with Crippen molar-refractivity contribution in [3.8, 4) is 22.5 Å². The molecule has 1 aliphatic heterocycles. The summed E-state index contributed by atoms with van der Waals surface area (Å²) in [7, 11) is 0. The van der Waals surface area contributed by atoms with Gasteiger partial charge in [-0.05, 0) is 27.7 Å². The molecule has 2 heterocycles. The summed E-state index contributed by atoms with van der Waals surface area (Å²) in [5.41, 5.74) is 7.03. The first-order valence-corrected chi connectivity index (χ1v) is 11.4. The number of hydrogen-bond acceptors (Lipinski definition) is 4. The van der Waals surface area contributed by atoms with Crippen molar-refractivity contribution >= 4 is 17.5 Å². The van der Waals surface area contributed by atoms with Gasteiger partial charge in [0.1, 0.15) is 0 Å². The molecule has 0 N–H and O–H groups in total. The van der Waals surface area contributed by atoms with Crippen molar-refractivity contribution in [3.63, 3.8) is 0 Å². The predicted octanol–water partition coefficient (Wildman–Crippen LogP) is 6.27. The number of nitrogens with zero attached hydrogens (tertiary/aromatic N) is 4. The molecule has 0 saturated carbocycles. The van der Waals surface area contributed by atoms with E-state index in [1.165, 1.54) is 16.7 Å². The van der Waals surface area contributed by atoms with Crippen molar-refractivity contribution in [3.05, 3.63) is 90.0 Å². The van der Waals surface area contributed by atoms with Crippen LogP contribution in [0.3, 0.4) is 0 Å². The van der Waals surface area contributed by atoms with Crippen LogP contribution < -0.4 is 0 Å². The minimum absolute atomic E-state index is 0.121. The lowest BCUT2D eigenvalue weighted by molar-refractivity contribution is 0.590. The highest BCUT2D eigenvalue weighted by Gasteiger charge is 2.21. The second kappa shape index (κ2) is 7.82. The van der Waals surface area contributed by atoms with Crippen molar-refractivity contribution in [2.24, 2.45) is 5.10 Å². The van der Waals surface area contributed by atoms with Crippen LogP contribution >= 0.6 is 11.8 Å². The molecule has 31 heavy (non-hydrogen) atoms. The highest BCUT2D eigenvalue weighted by atomic mass is 32.2. The number of rotatable bonds is 3.